The number of nitrogens with zero attached hydrogens (tertiary/aromatic N) is 3. The number of hydrogen-bond acceptors (Lipinski definition) is 8. The van der Waals surface area contributed by atoms with Gasteiger partial charge in [-0.3, -0.25) is 9.36 Å². The number of benzene rings is 1. The molecule has 2 aromatic rings. The van der Waals surface area contributed by atoms with E-state index < -0.39 is 22.8 Å². The van der Waals surface area contributed by atoms with Crippen LogP contribution >= 0.6 is 0 Å². The predicted octanol–water partition coefficient (Wildman–Crippen LogP) is 3.12. The Bertz CT molecular complexity index is 1060. The highest BCUT2D eigenvalue weighted by atomic mass is 16.6. The minimum absolute atomic E-state index is 0.120. The fourth-order valence-electron chi connectivity index (χ4n) is 3.33. The van der Waals surface area contributed by atoms with Crippen LogP contribution in [0.3, 0.4) is 0 Å². The first-order valence-corrected chi connectivity index (χ1v) is 12.2. The van der Waals surface area contributed by atoms with E-state index >= 15 is 0 Å². The van der Waals surface area contributed by atoms with Gasteiger partial charge in [0.2, 0.25) is 5.82 Å². The fourth-order valence-corrected chi connectivity index (χ4v) is 3.33. The highest BCUT2D eigenvalue weighted by Gasteiger charge is 2.31. The lowest BCUT2D eigenvalue weighted by Gasteiger charge is -2.24. The van der Waals surface area contributed by atoms with E-state index in [1.807, 2.05) is 0 Å². The van der Waals surface area contributed by atoms with Crippen LogP contribution in [0.2, 0.25) is 0 Å². The van der Waals surface area contributed by atoms with Crippen molar-refractivity contribution in [2.75, 3.05) is 25.1 Å². The van der Waals surface area contributed by atoms with Crippen molar-refractivity contribution in [1.29, 1.82) is 0 Å². The highest BCUT2D eigenvalue weighted by molar-refractivity contribution is 5.79. The second-order valence-electron chi connectivity index (χ2n) is 8.71. The lowest BCUT2D eigenvalue weighted by atomic mass is 10.1. The molecule has 194 valence electrons. The van der Waals surface area contributed by atoms with Gasteiger partial charge in [0.15, 0.2) is 5.60 Å². The number of esters is 1. The average Bonchev–Trinajstić information content (AvgIpc) is 2.83. The van der Waals surface area contributed by atoms with Crippen molar-refractivity contribution in [3.05, 3.63) is 45.1 Å². The first-order chi connectivity index (χ1) is 16.7. The molecule has 0 saturated carbocycles. The molecule has 2 rings (SSSR count). The maximum absolute atomic E-state index is 12.4. The van der Waals surface area contributed by atoms with Crippen LogP contribution in [0.5, 0.6) is 11.5 Å². The summed E-state index contributed by atoms with van der Waals surface area (Å²) in [5.74, 6) is 0.798. The molecule has 1 aromatic heterocycles. The third-order valence-electron chi connectivity index (χ3n) is 5.34. The molecule has 10 heteroatoms. The van der Waals surface area contributed by atoms with E-state index in [1.165, 1.54) is 18.2 Å². The Morgan fingerprint density at radius 1 is 1.03 bits per heavy atom. The van der Waals surface area contributed by atoms with Crippen molar-refractivity contribution >= 4 is 11.8 Å². The molecular formula is C25H38N4O6. The zero-order valence-electron chi connectivity index (χ0n) is 21.5. The second kappa shape index (κ2) is 13.6. The number of rotatable bonds is 15. The molecule has 0 atom stereocenters. The zero-order chi connectivity index (χ0) is 25.8. The third-order valence-corrected chi connectivity index (χ3v) is 5.34. The van der Waals surface area contributed by atoms with Gasteiger partial charge in [-0.15, -0.1) is 5.10 Å². The lowest BCUT2D eigenvalue weighted by Crippen LogP contribution is -2.41. The van der Waals surface area contributed by atoms with Gasteiger partial charge in [-0.25, -0.2) is 14.3 Å². The van der Waals surface area contributed by atoms with Crippen LogP contribution in [0, 0.1) is 0 Å². The smallest absolute Gasteiger partial charge is 0.349 e. The fraction of sp³-hybridized carbons (Fsp3) is 0.600. The average molecular weight is 491 g/mol. The molecule has 0 unspecified atom stereocenters. The number of anilines is 1. The number of carbonyl (C=O) groups excluding carboxylic acids is 1. The maximum atomic E-state index is 12.4. The zero-order valence-corrected chi connectivity index (χ0v) is 21.5. The van der Waals surface area contributed by atoms with Crippen molar-refractivity contribution in [2.24, 2.45) is 7.05 Å². The Morgan fingerprint density at radius 2 is 1.69 bits per heavy atom. The van der Waals surface area contributed by atoms with E-state index in [2.05, 4.69) is 17.3 Å². The van der Waals surface area contributed by atoms with E-state index in [0.717, 1.165) is 30.3 Å². The van der Waals surface area contributed by atoms with E-state index in [1.54, 1.807) is 45.0 Å². The summed E-state index contributed by atoms with van der Waals surface area (Å²) in [6, 6.07) is 6.87. The third kappa shape index (κ3) is 8.45. The Labute approximate surface area is 206 Å². The summed E-state index contributed by atoms with van der Waals surface area (Å²) in [7, 11) is 1.45. The molecule has 0 amide bonds. The summed E-state index contributed by atoms with van der Waals surface area (Å²) < 4.78 is 18.9. The molecule has 1 N–H and O–H groups in total. The van der Waals surface area contributed by atoms with Crippen LogP contribution in [0.25, 0.3) is 0 Å². The number of carbonyl (C=O) groups is 1. The van der Waals surface area contributed by atoms with Crippen molar-refractivity contribution in [1.82, 2.24) is 14.3 Å². The van der Waals surface area contributed by atoms with Crippen LogP contribution in [-0.4, -0.2) is 45.7 Å². The molecule has 0 spiro atoms. The van der Waals surface area contributed by atoms with Gasteiger partial charge in [-0.2, -0.15) is 0 Å². The summed E-state index contributed by atoms with van der Waals surface area (Å²) >= 11 is 0. The van der Waals surface area contributed by atoms with Crippen molar-refractivity contribution in [2.45, 2.75) is 71.9 Å². The quantitative estimate of drug-likeness (QED) is 0.299. The van der Waals surface area contributed by atoms with Crippen molar-refractivity contribution in [3.8, 4) is 11.5 Å². The van der Waals surface area contributed by atoms with Crippen LogP contribution < -0.4 is 26.0 Å². The molecule has 0 aliphatic heterocycles. The first-order valence-electron chi connectivity index (χ1n) is 12.2. The van der Waals surface area contributed by atoms with E-state index in [-0.39, 0.29) is 19.0 Å². The Balaban J connectivity index is 1.88. The van der Waals surface area contributed by atoms with Crippen LogP contribution in [0.4, 0.5) is 5.82 Å². The normalized spacial score (nSPS) is 11.2. The van der Waals surface area contributed by atoms with E-state index in [0.29, 0.717) is 24.6 Å². The van der Waals surface area contributed by atoms with E-state index in [4.69, 9.17) is 14.2 Å². The van der Waals surface area contributed by atoms with Crippen LogP contribution in [0.1, 0.15) is 59.8 Å². The standard InChI is InChI=1S/C25H38N4O6/c1-6-8-9-10-11-17-29-24(32)28(5)22(30)21(27-29)26-16-18-34-19-12-14-20(15-13-19)35-25(3,4)23(31)33-7-2/h12-15H,6-11,16-18H2,1-5H3,(H,26,27). The first kappa shape index (κ1) is 27.9. The topological polar surface area (TPSA) is 114 Å². The molecular weight excluding hydrogens is 452 g/mol. The molecule has 0 fully saturated rings. The Morgan fingerprint density at radius 3 is 2.34 bits per heavy atom. The van der Waals surface area contributed by atoms with Crippen LogP contribution in [-0.2, 0) is 23.1 Å². The number of hydrogen-bond donors (Lipinski definition) is 1. The summed E-state index contributed by atoms with van der Waals surface area (Å²) in [6.07, 6.45) is 5.30. The van der Waals surface area contributed by atoms with Gasteiger partial charge < -0.3 is 19.5 Å². The van der Waals surface area contributed by atoms with Gasteiger partial charge in [0.05, 0.1) is 13.2 Å². The van der Waals surface area contributed by atoms with Crippen LogP contribution in [0.15, 0.2) is 33.9 Å². The summed E-state index contributed by atoms with van der Waals surface area (Å²) in [5, 5.41) is 7.18. The number of unbranched alkanes of at least 4 members (excludes halogenated alkanes) is 4. The summed E-state index contributed by atoms with van der Waals surface area (Å²) in [5.41, 5.74) is -1.99. The molecule has 0 aliphatic carbocycles. The monoisotopic (exact) mass is 490 g/mol. The van der Waals surface area contributed by atoms with Gasteiger partial charge in [-0.1, -0.05) is 32.6 Å². The van der Waals surface area contributed by atoms with Gasteiger partial charge in [0.25, 0.3) is 5.56 Å². The van der Waals surface area contributed by atoms with Crippen molar-refractivity contribution < 1.29 is 19.0 Å². The molecule has 0 radical (unpaired) electrons. The SMILES string of the molecule is CCCCCCCn1nc(NCCOc2ccc(OC(C)(C)C(=O)OCC)cc2)c(=O)n(C)c1=O. The van der Waals surface area contributed by atoms with Gasteiger partial charge in [0, 0.05) is 13.6 Å². The van der Waals surface area contributed by atoms with Gasteiger partial charge in [0.1, 0.15) is 18.1 Å². The predicted molar refractivity (Wildman–Crippen MR) is 134 cm³/mol. The summed E-state index contributed by atoms with van der Waals surface area (Å²) in [4.78, 5) is 36.7. The molecule has 0 bridgehead atoms. The molecule has 10 nitrogen and oxygen atoms in total. The highest BCUT2D eigenvalue weighted by Crippen LogP contribution is 2.22. The van der Waals surface area contributed by atoms with Gasteiger partial charge >= 0.3 is 11.7 Å². The minimum atomic E-state index is -1.10. The van der Waals surface area contributed by atoms with E-state index in [9.17, 15) is 14.4 Å². The number of aromatic nitrogens is 3. The molecule has 1 heterocycles. The molecule has 1 aromatic carbocycles. The van der Waals surface area contributed by atoms with Gasteiger partial charge in [-0.05, 0) is 51.5 Å². The molecule has 0 saturated heterocycles. The molecule has 35 heavy (non-hydrogen) atoms. The second-order valence-corrected chi connectivity index (χ2v) is 8.71. The minimum Gasteiger partial charge on any atom is -0.492 e. The number of aryl methyl sites for hydroxylation is 1. The lowest BCUT2D eigenvalue weighted by molar-refractivity contribution is -0.158. The Kier molecular flexibility index (Phi) is 10.8. The Hall–Kier alpha value is -3.30. The summed E-state index contributed by atoms with van der Waals surface area (Å²) in [6.45, 7) is 8.55. The molecule has 0 aliphatic rings. The number of ether oxygens (including phenoxy) is 3. The maximum Gasteiger partial charge on any atom is 0.349 e. The van der Waals surface area contributed by atoms with Crippen molar-refractivity contribution in [3.63, 3.8) is 0 Å². The number of nitrogens with one attached hydrogen (secondary N) is 1. The largest absolute Gasteiger partial charge is 0.492 e.